The van der Waals surface area contributed by atoms with Crippen LogP contribution in [-0.2, 0) is 4.79 Å². The molecule has 0 saturated carbocycles. The van der Waals surface area contributed by atoms with Gasteiger partial charge in [-0.1, -0.05) is 32.0 Å². The summed E-state index contributed by atoms with van der Waals surface area (Å²) in [5.41, 5.74) is 5.71. The molecule has 0 radical (unpaired) electrons. The molecule has 0 bridgehead atoms. The molecule has 0 heterocycles. The van der Waals surface area contributed by atoms with Crippen molar-refractivity contribution < 1.29 is 18.8 Å². The van der Waals surface area contributed by atoms with E-state index in [4.69, 9.17) is 0 Å². The lowest BCUT2D eigenvalue weighted by Crippen LogP contribution is -2.54. The molecule has 2 aromatic carbocycles. The molecule has 0 aliphatic carbocycles. The van der Waals surface area contributed by atoms with E-state index in [1.165, 1.54) is 24.3 Å². The molecule has 0 fully saturated rings. The number of rotatable bonds is 6. The Labute approximate surface area is 169 Å². The molecule has 0 aliphatic rings. The van der Waals surface area contributed by atoms with Gasteiger partial charge in [-0.2, -0.15) is 0 Å². The molecule has 3 amide bonds. The second-order valence-corrected chi connectivity index (χ2v) is 7.06. The van der Waals surface area contributed by atoms with Gasteiger partial charge in [-0.15, -0.1) is 0 Å². The zero-order valence-electron chi connectivity index (χ0n) is 16.8. The smallest absolute Gasteiger partial charge is 0.269 e. The van der Waals surface area contributed by atoms with Gasteiger partial charge >= 0.3 is 0 Å². The Balaban J connectivity index is 2.02. The highest BCUT2D eigenvalue weighted by Gasteiger charge is 2.26. The van der Waals surface area contributed by atoms with Crippen molar-refractivity contribution >= 4 is 23.4 Å². The molecule has 8 heteroatoms. The van der Waals surface area contributed by atoms with Gasteiger partial charge in [-0.25, -0.2) is 4.39 Å². The lowest BCUT2D eigenvalue weighted by atomic mass is 10.0. The summed E-state index contributed by atoms with van der Waals surface area (Å²) >= 11 is 0. The Morgan fingerprint density at radius 3 is 2.24 bits per heavy atom. The summed E-state index contributed by atoms with van der Waals surface area (Å²) in [4.78, 5) is 39.0. The van der Waals surface area contributed by atoms with E-state index < -0.39 is 29.6 Å². The maximum atomic E-state index is 13.8. The standard InChI is InChI=1S/C21H25FN4O3/c1-13(2)18(23-20(28)16-10-5-6-11-17(16)22)21(29)25-24-19(27)14-8-7-9-15(12-14)26(3)4/h5-13,18H,1-4H3,(H,23,28)(H,24,27)(H,25,29)/t18-/m0/s1. The van der Waals surface area contributed by atoms with E-state index in [1.54, 1.807) is 32.0 Å². The Morgan fingerprint density at radius 1 is 0.931 bits per heavy atom. The average Bonchev–Trinajstić information content (AvgIpc) is 2.69. The van der Waals surface area contributed by atoms with Crippen LogP contribution in [0.2, 0.25) is 0 Å². The molecule has 2 rings (SSSR count). The number of halogens is 1. The second kappa shape index (κ2) is 9.68. The van der Waals surface area contributed by atoms with Gasteiger partial charge in [0.1, 0.15) is 11.9 Å². The van der Waals surface area contributed by atoms with Crippen molar-refractivity contribution in [3.8, 4) is 0 Å². The van der Waals surface area contributed by atoms with E-state index in [0.717, 1.165) is 5.69 Å². The first-order valence-corrected chi connectivity index (χ1v) is 9.13. The van der Waals surface area contributed by atoms with Gasteiger partial charge < -0.3 is 10.2 Å². The maximum Gasteiger partial charge on any atom is 0.269 e. The van der Waals surface area contributed by atoms with Crippen LogP contribution < -0.4 is 21.1 Å². The van der Waals surface area contributed by atoms with Crippen LogP contribution in [0, 0.1) is 11.7 Å². The van der Waals surface area contributed by atoms with E-state index in [0.29, 0.717) is 5.56 Å². The monoisotopic (exact) mass is 400 g/mol. The van der Waals surface area contributed by atoms with Gasteiger partial charge in [0.05, 0.1) is 5.56 Å². The van der Waals surface area contributed by atoms with Crippen LogP contribution in [0.25, 0.3) is 0 Å². The molecule has 1 atom stereocenters. The van der Waals surface area contributed by atoms with Gasteiger partial charge in [0.2, 0.25) is 0 Å². The fraction of sp³-hybridized carbons (Fsp3) is 0.286. The average molecular weight is 400 g/mol. The summed E-state index contributed by atoms with van der Waals surface area (Å²) in [7, 11) is 3.70. The van der Waals surface area contributed by atoms with E-state index in [1.807, 2.05) is 25.1 Å². The van der Waals surface area contributed by atoms with E-state index >= 15 is 0 Å². The van der Waals surface area contributed by atoms with Crippen molar-refractivity contribution in [1.29, 1.82) is 0 Å². The van der Waals surface area contributed by atoms with Gasteiger partial charge in [0, 0.05) is 25.3 Å². The lowest BCUT2D eigenvalue weighted by molar-refractivity contribution is -0.124. The van der Waals surface area contributed by atoms with Crippen LogP contribution >= 0.6 is 0 Å². The second-order valence-electron chi connectivity index (χ2n) is 7.06. The predicted molar refractivity (Wildman–Crippen MR) is 109 cm³/mol. The van der Waals surface area contributed by atoms with E-state index in [2.05, 4.69) is 16.2 Å². The van der Waals surface area contributed by atoms with Crippen molar-refractivity contribution in [2.24, 2.45) is 5.92 Å². The molecule has 0 spiro atoms. The van der Waals surface area contributed by atoms with Crippen LogP contribution in [0.1, 0.15) is 34.6 Å². The molecular weight excluding hydrogens is 375 g/mol. The fourth-order valence-corrected chi connectivity index (χ4v) is 2.59. The van der Waals surface area contributed by atoms with Crippen LogP contribution in [0.5, 0.6) is 0 Å². The van der Waals surface area contributed by atoms with Crippen molar-refractivity contribution in [3.63, 3.8) is 0 Å². The van der Waals surface area contributed by atoms with Crippen LogP contribution in [-0.4, -0.2) is 37.9 Å². The summed E-state index contributed by atoms with van der Waals surface area (Å²) in [5.74, 6) is -2.78. The minimum absolute atomic E-state index is 0.157. The molecule has 0 aliphatic heterocycles. The van der Waals surface area contributed by atoms with Crippen LogP contribution in [0.3, 0.4) is 0 Å². The SMILES string of the molecule is CC(C)[C@H](NC(=O)c1ccccc1F)C(=O)NNC(=O)c1cccc(N(C)C)c1. The van der Waals surface area contributed by atoms with Crippen molar-refractivity contribution in [3.05, 3.63) is 65.5 Å². The zero-order chi connectivity index (χ0) is 21.6. The van der Waals surface area contributed by atoms with Gasteiger partial charge in [-0.3, -0.25) is 25.2 Å². The number of carbonyl (C=O) groups is 3. The Morgan fingerprint density at radius 2 is 1.62 bits per heavy atom. The third-order valence-corrected chi connectivity index (χ3v) is 4.28. The molecule has 154 valence electrons. The first kappa shape index (κ1) is 21.9. The lowest BCUT2D eigenvalue weighted by Gasteiger charge is -2.22. The summed E-state index contributed by atoms with van der Waals surface area (Å²) in [5, 5.41) is 2.51. The Bertz CT molecular complexity index is 899. The number of amides is 3. The van der Waals surface area contributed by atoms with E-state index in [-0.39, 0.29) is 11.5 Å². The number of carbonyl (C=O) groups excluding carboxylic acids is 3. The minimum atomic E-state index is -0.962. The Hall–Kier alpha value is -3.42. The Kier molecular flexibility index (Phi) is 7.30. The van der Waals surface area contributed by atoms with Crippen molar-refractivity contribution in [1.82, 2.24) is 16.2 Å². The number of benzene rings is 2. The molecule has 0 saturated heterocycles. The highest BCUT2D eigenvalue weighted by Crippen LogP contribution is 2.13. The highest BCUT2D eigenvalue weighted by molar-refractivity contribution is 5.99. The number of hydrazine groups is 1. The fourth-order valence-electron chi connectivity index (χ4n) is 2.59. The van der Waals surface area contributed by atoms with Crippen LogP contribution in [0.4, 0.5) is 10.1 Å². The highest BCUT2D eigenvalue weighted by atomic mass is 19.1. The number of hydrogen-bond acceptors (Lipinski definition) is 4. The molecular formula is C21H25FN4O3. The predicted octanol–water partition coefficient (Wildman–Crippen LogP) is 2.11. The third kappa shape index (κ3) is 5.78. The normalized spacial score (nSPS) is 11.5. The van der Waals surface area contributed by atoms with Gasteiger partial charge in [-0.05, 0) is 36.2 Å². The van der Waals surface area contributed by atoms with E-state index in [9.17, 15) is 18.8 Å². The van der Waals surface area contributed by atoms with Crippen LogP contribution in [0.15, 0.2) is 48.5 Å². The molecule has 0 unspecified atom stereocenters. The summed E-state index contributed by atoms with van der Waals surface area (Å²) in [6.07, 6.45) is 0. The topological polar surface area (TPSA) is 90.5 Å². The van der Waals surface area contributed by atoms with Crippen molar-refractivity contribution in [2.45, 2.75) is 19.9 Å². The number of nitrogens with zero attached hydrogens (tertiary/aromatic N) is 1. The number of anilines is 1. The maximum absolute atomic E-state index is 13.8. The summed E-state index contributed by atoms with van der Waals surface area (Å²) < 4.78 is 13.8. The van der Waals surface area contributed by atoms with Gasteiger partial charge in [0.15, 0.2) is 0 Å². The summed E-state index contributed by atoms with van der Waals surface area (Å²) in [6.45, 7) is 3.46. The zero-order valence-corrected chi connectivity index (χ0v) is 16.8. The largest absolute Gasteiger partial charge is 0.378 e. The molecule has 29 heavy (non-hydrogen) atoms. The third-order valence-electron chi connectivity index (χ3n) is 4.28. The molecule has 2 aromatic rings. The van der Waals surface area contributed by atoms with Gasteiger partial charge in [0.25, 0.3) is 17.7 Å². The quantitative estimate of drug-likeness (QED) is 0.648. The first-order valence-electron chi connectivity index (χ1n) is 9.13. The number of nitrogens with one attached hydrogen (secondary N) is 3. The van der Waals surface area contributed by atoms with Crippen molar-refractivity contribution in [2.75, 3.05) is 19.0 Å². The summed E-state index contributed by atoms with van der Waals surface area (Å²) in [6, 6.07) is 11.4. The first-order chi connectivity index (χ1) is 13.7. The molecule has 7 nitrogen and oxygen atoms in total. The minimum Gasteiger partial charge on any atom is -0.378 e. The molecule has 3 N–H and O–H groups in total. The number of hydrogen-bond donors (Lipinski definition) is 3. The molecule has 0 aromatic heterocycles.